The van der Waals surface area contributed by atoms with Crippen molar-refractivity contribution in [3.05, 3.63) is 125 Å². The number of primary amides is 2. The molecule has 20 heteroatoms. The number of aromatic nitrogens is 2. The summed E-state index contributed by atoms with van der Waals surface area (Å²) < 4.78 is 37.9. The van der Waals surface area contributed by atoms with Gasteiger partial charge in [0.25, 0.3) is 0 Å². The van der Waals surface area contributed by atoms with Crippen molar-refractivity contribution < 1.29 is 37.4 Å². The molecule has 0 aliphatic carbocycles. The Balaban J connectivity index is 0.000000181. The van der Waals surface area contributed by atoms with Crippen molar-refractivity contribution in [3.63, 3.8) is 0 Å². The van der Waals surface area contributed by atoms with Crippen LogP contribution in [0.3, 0.4) is 0 Å². The van der Waals surface area contributed by atoms with E-state index in [-0.39, 0.29) is 60.3 Å². The predicted molar refractivity (Wildman–Crippen MR) is 221 cm³/mol. The van der Waals surface area contributed by atoms with Crippen LogP contribution in [-0.2, 0) is 28.7 Å². The molecule has 6 heterocycles. The largest absolute Gasteiger partial charge is 0.463 e. The maximum atomic E-state index is 13.7. The van der Waals surface area contributed by atoms with Crippen molar-refractivity contribution in [2.24, 2.45) is 33.3 Å². The van der Waals surface area contributed by atoms with Crippen molar-refractivity contribution in [2.75, 3.05) is 26.3 Å². The number of thiazole rings is 2. The van der Waals surface area contributed by atoms with Crippen LogP contribution in [0.5, 0.6) is 0 Å². The van der Waals surface area contributed by atoms with Gasteiger partial charge in [-0.1, -0.05) is 35.3 Å². The molecule has 0 bridgehead atoms. The van der Waals surface area contributed by atoms with E-state index in [0.29, 0.717) is 44.2 Å². The van der Waals surface area contributed by atoms with E-state index in [9.17, 15) is 28.0 Å². The number of benzene rings is 2. The number of amidine groups is 2. The first kappa shape index (κ1) is 42.6. The number of nitrogens with zero attached hydrogens (tertiary/aromatic N) is 6. The molecular formula is C40H36Cl2F2N8O6S2. The van der Waals surface area contributed by atoms with Crippen molar-refractivity contribution >= 4 is 81.3 Å². The highest BCUT2D eigenvalue weighted by Crippen LogP contribution is 2.45. The van der Waals surface area contributed by atoms with Gasteiger partial charge in [0.05, 0.1) is 36.2 Å². The molecule has 60 heavy (non-hydrogen) atoms. The Morgan fingerprint density at radius 1 is 0.717 bits per heavy atom. The number of ether oxygens (including phenoxy) is 2. The number of nitrogens with two attached hydrogens (primary N) is 2. The summed E-state index contributed by atoms with van der Waals surface area (Å²) >= 11 is 15.4. The molecule has 8 rings (SSSR count). The quantitative estimate of drug-likeness (QED) is 0.175. The number of rotatable bonds is 10. The van der Waals surface area contributed by atoms with Gasteiger partial charge in [0, 0.05) is 81.7 Å². The Morgan fingerprint density at radius 3 is 1.43 bits per heavy atom. The van der Waals surface area contributed by atoms with Crippen molar-refractivity contribution in [3.8, 4) is 0 Å². The standard InChI is InChI=1S/2C20H18ClFN4O3S/c2*1-2-29-20(28)15-14-7-10(17(23)27)9-26(14)18(19-24-5-6-30-19)25-16(15)12-4-3-11(22)8-13(12)21/h2*3-6,8,10,16H,2,7,9H2,1H3,(H2,23,27)/t10-,16+;10-,16-/m10/s1. The minimum Gasteiger partial charge on any atom is -0.463 e. The number of esters is 2. The summed E-state index contributed by atoms with van der Waals surface area (Å²) in [5.41, 5.74) is 13.8. The summed E-state index contributed by atoms with van der Waals surface area (Å²) in [6.07, 6.45) is 3.83. The summed E-state index contributed by atoms with van der Waals surface area (Å²) in [6.45, 7) is 4.32. The second-order valence-electron chi connectivity index (χ2n) is 13.7. The maximum absolute atomic E-state index is 13.7. The molecule has 4 N–H and O–H groups in total. The topological polar surface area (TPSA) is 196 Å². The fourth-order valence-electron chi connectivity index (χ4n) is 7.41. The van der Waals surface area contributed by atoms with Crippen LogP contribution in [0.25, 0.3) is 0 Å². The first-order valence-corrected chi connectivity index (χ1v) is 21.1. The number of carbonyl (C=O) groups excluding carboxylic acids is 4. The van der Waals surface area contributed by atoms with Crippen LogP contribution in [0.15, 0.2) is 92.1 Å². The molecule has 2 saturated heterocycles. The zero-order valence-corrected chi connectivity index (χ0v) is 35.1. The molecule has 4 aliphatic heterocycles. The molecule has 0 spiro atoms. The Labute approximate surface area is 360 Å². The molecule has 2 aromatic carbocycles. The highest BCUT2D eigenvalue weighted by atomic mass is 35.5. The van der Waals surface area contributed by atoms with Crippen LogP contribution in [0.2, 0.25) is 10.0 Å². The van der Waals surface area contributed by atoms with Gasteiger partial charge in [-0.25, -0.2) is 28.3 Å². The Morgan fingerprint density at radius 2 is 1.12 bits per heavy atom. The van der Waals surface area contributed by atoms with Gasteiger partial charge >= 0.3 is 11.9 Å². The molecule has 0 unspecified atom stereocenters. The summed E-state index contributed by atoms with van der Waals surface area (Å²) in [6, 6.07) is 6.23. The van der Waals surface area contributed by atoms with Crippen LogP contribution < -0.4 is 11.5 Å². The van der Waals surface area contributed by atoms with Gasteiger partial charge in [-0.15, -0.1) is 22.7 Å². The number of carbonyl (C=O) groups is 4. The number of amides is 2. The maximum Gasteiger partial charge on any atom is 0.338 e. The molecule has 2 aromatic heterocycles. The first-order chi connectivity index (χ1) is 28.8. The van der Waals surface area contributed by atoms with Gasteiger partial charge in [-0.2, -0.15) is 0 Å². The summed E-state index contributed by atoms with van der Waals surface area (Å²) in [7, 11) is 0. The normalized spacial score (nSPS) is 20.8. The number of halogens is 4. The second kappa shape index (κ2) is 18.0. The lowest BCUT2D eigenvalue weighted by Crippen LogP contribution is -2.36. The predicted octanol–water partition coefficient (Wildman–Crippen LogP) is 6.12. The van der Waals surface area contributed by atoms with Crippen LogP contribution >= 0.6 is 45.9 Å². The number of hydrogen-bond donors (Lipinski definition) is 2. The SMILES string of the molecule is CCOC(=O)C1=C2C[C@@H](C(N)=O)CN2C(c2nccs2)=N[C@H]1c1ccc(F)cc1Cl.CCOC(=O)C1=C2C[C@H](C(N)=O)CN2C(c2nccs2)=N[C@H]1c1ccc(F)cc1Cl. The van der Waals surface area contributed by atoms with Crippen LogP contribution in [0.1, 0.15) is 59.9 Å². The van der Waals surface area contributed by atoms with Gasteiger partial charge in [0.15, 0.2) is 21.7 Å². The lowest BCUT2D eigenvalue weighted by Gasteiger charge is -2.31. The van der Waals surface area contributed by atoms with Gasteiger partial charge in [0.1, 0.15) is 23.7 Å². The van der Waals surface area contributed by atoms with Crippen molar-refractivity contribution in [2.45, 2.75) is 38.8 Å². The van der Waals surface area contributed by atoms with Crippen molar-refractivity contribution in [1.82, 2.24) is 19.8 Å². The van der Waals surface area contributed by atoms with Gasteiger partial charge in [-0.3, -0.25) is 19.6 Å². The molecule has 14 nitrogen and oxygen atoms in total. The van der Waals surface area contributed by atoms with Crippen LogP contribution in [0.4, 0.5) is 8.78 Å². The van der Waals surface area contributed by atoms with Crippen molar-refractivity contribution in [1.29, 1.82) is 0 Å². The van der Waals surface area contributed by atoms with E-state index < -0.39 is 59.3 Å². The van der Waals surface area contributed by atoms with Gasteiger partial charge in [-0.05, 0) is 38.1 Å². The third-order valence-electron chi connectivity index (χ3n) is 10.1. The zero-order valence-electron chi connectivity index (χ0n) is 31.9. The molecule has 2 fully saturated rings. The third kappa shape index (κ3) is 8.41. The third-order valence-corrected chi connectivity index (χ3v) is 12.3. The molecule has 4 atom stereocenters. The minimum atomic E-state index is -0.825. The summed E-state index contributed by atoms with van der Waals surface area (Å²) in [4.78, 5) is 71.6. The summed E-state index contributed by atoms with van der Waals surface area (Å²) in [5, 5.41) is 5.16. The number of fused-ring (bicyclic) bond motifs is 2. The van der Waals surface area contributed by atoms with E-state index in [1.165, 1.54) is 59.1 Å². The number of hydrogen-bond acceptors (Lipinski definition) is 14. The van der Waals surface area contributed by atoms with E-state index in [2.05, 4.69) is 9.97 Å². The molecular weight excluding hydrogens is 862 g/mol. The smallest absolute Gasteiger partial charge is 0.338 e. The first-order valence-electron chi connectivity index (χ1n) is 18.6. The van der Waals surface area contributed by atoms with E-state index in [0.717, 1.165) is 0 Å². The van der Waals surface area contributed by atoms with E-state index >= 15 is 0 Å². The fourth-order valence-corrected chi connectivity index (χ4v) is 9.23. The lowest BCUT2D eigenvalue weighted by molar-refractivity contribution is -0.140. The zero-order chi connectivity index (χ0) is 42.8. The van der Waals surface area contributed by atoms with E-state index in [1.807, 2.05) is 10.8 Å². The molecule has 0 saturated carbocycles. The van der Waals surface area contributed by atoms with Gasteiger partial charge in [0.2, 0.25) is 11.8 Å². The van der Waals surface area contributed by atoms with Gasteiger partial charge < -0.3 is 30.7 Å². The van der Waals surface area contributed by atoms with E-state index in [1.54, 1.807) is 36.0 Å². The summed E-state index contributed by atoms with van der Waals surface area (Å²) in [5.74, 6) is -2.98. The Bertz CT molecular complexity index is 2310. The van der Waals surface area contributed by atoms with Crippen LogP contribution in [-0.4, -0.2) is 81.5 Å². The van der Waals surface area contributed by atoms with E-state index in [4.69, 9.17) is 54.1 Å². The fraction of sp³-hybridized carbons (Fsp3) is 0.300. The van der Waals surface area contributed by atoms with Crippen LogP contribution in [0, 0.1) is 23.5 Å². The molecule has 0 radical (unpaired) electrons. The second-order valence-corrected chi connectivity index (χ2v) is 16.3. The average Bonchev–Trinajstić information content (AvgIpc) is 4.05. The highest BCUT2D eigenvalue weighted by Gasteiger charge is 2.45. The highest BCUT2D eigenvalue weighted by molar-refractivity contribution is 7.12. The Hall–Kier alpha value is -5.56. The minimum absolute atomic E-state index is 0.141. The number of aliphatic imine (C=N–C) groups is 2. The monoisotopic (exact) mass is 896 g/mol. The number of allylic oxidation sites excluding steroid dienone is 2. The average molecular weight is 898 g/mol. The molecule has 312 valence electrons. The molecule has 4 aliphatic rings. The molecule has 2 amide bonds. The Kier molecular flexibility index (Phi) is 12.7. The lowest BCUT2D eigenvalue weighted by atomic mass is 9.93. The molecule has 4 aromatic rings.